The average molecular weight is 276 g/mol. The summed E-state index contributed by atoms with van der Waals surface area (Å²) >= 11 is 0. The van der Waals surface area contributed by atoms with Gasteiger partial charge >= 0.3 is 7.60 Å². The van der Waals surface area contributed by atoms with E-state index in [1.165, 1.54) is 0 Å². The summed E-state index contributed by atoms with van der Waals surface area (Å²) in [6.07, 6.45) is 3.84. The third-order valence-electron chi connectivity index (χ3n) is 3.77. The highest BCUT2D eigenvalue weighted by atomic mass is 31.2. The van der Waals surface area contributed by atoms with Crippen molar-refractivity contribution >= 4 is 7.60 Å². The lowest BCUT2D eigenvalue weighted by Crippen LogP contribution is -2.43. The monoisotopic (exact) mass is 276 g/mol. The molecule has 0 heterocycles. The van der Waals surface area contributed by atoms with Gasteiger partial charge in [0.05, 0.1) is 24.5 Å². The average Bonchev–Trinajstić information content (AvgIpc) is 2.73. The molecular formula is C13H25O4P. The summed E-state index contributed by atoms with van der Waals surface area (Å²) in [5.41, 5.74) is -1.47. The van der Waals surface area contributed by atoms with Gasteiger partial charge in [-0.05, 0) is 33.1 Å². The van der Waals surface area contributed by atoms with Crippen LogP contribution in [0.15, 0.2) is 12.7 Å². The van der Waals surface area contributed by atoms with Gasteiger partial charge in [-0.25, -0.2) is 0 Å². The first kappa shape index (κ1) is 15.9. The molecule has 0 aromatic carbocycles. The third-order valence-corrected chi connectivity index (χ3v) is 6.48. The number of rotatable bonds is 7. The molecule has 0 aromatic heterocycles. The van der Waals surface area contributed by atoms with Crippen LogP contribution < -0.4 is 0 Å². The van der Waals surface area contributed by atoms with E-state index in [0.29, 0.717) is 26.1 Å². The largest absolute Gasteiger partial charge is 0.388 e. The van der Waals surface area contributed by atoms with E-state index < -0.39 is 18.9 Å². The van der Waals surface area contributed by atoms with Gasteiger partial charge in [0.15, 0.2) is 0 Å². The minimum Gasteiger partial charge on any atom is -0.388 e. The molecule has 18 heavy (non-hydrogen) atoms. The summed E-state index contributed by atoms with van der Waals surface area (Å²) in [6.45, 7) is 9.85. The Morgan fingerprint density at radius 3 is 2.50 bits per heavy atom. The molecule has 0 spiro atoms. The first-order valence-corrected chi connectivity index (χ1v) is 8.29. The van der Waals surface area contributed by atoms with Crippen LogP contribution in [0.25, 0.3) is 0 Å². The third kappa shape index (κ3) is 2.88. The molecule has 1 aliphatic carbocycles. The maximum absolute atomic E-state index is 12.8. The van der Waals surface area contributed by atoms with Gasteiger partial charge in [0.1, 0.15) is 0 Å². The van der Waals surface area contributed by atoms with Crippen LogP contribution >= 0.6 is 7.60 Å². The molecule has 1 saturated carbocycles. The highest BCUT2D eigenvalue weighted by molar-refractivity contribution is 7.54. The van der Waals surface area contributed by atoms with Crippen molar-refractivity contribution in [2.45, 2.75) is 51.3 Å². The molecule has 1 aliphatic rings. The van der Waals surface area contributed by atoms with Gasteiger partial charge in [-0.3, -0.25) is 4.57 Å². The van der Waals surface area contributed by atoms with Crippen molar-refractivity contribution in [1.29, 1.82) is 0 Å². The van der Waals surface area contributed by atoms with Crippen molar-refractivity contribution in [3.8, 4) is 0 Å². The van der Waals surface area contributed by atoms with Crippen molar-refractivity contribution in [3.63, 3.8) is 0 Å². The molecule has 0 saturated heterocycles. The zero-order valence-electron chi connectivity index (χ0n) is 11.6. The Hall–Kier alpha value is -0.150. The van der Waals surface area contributed by atoms with Crippen molar-refractivity contribution in [3.05, 3.63) is 12.7 Å². The van der Waals surface area contributed by atoms with Crippen molar-refractivity contribution in [1.82, 2.24) is 0 Å². The zero-order valence-corrected chi connectivity index (χ0v) is 12.5. The van der Waals surface area contributed by atoms with Gasteiger partial charge < -0.3 is 14.2 Å². The van der Waals surface area contributed by atoms with Crippen molar-refractivity contribution < 1.29 is 18.7 Å². The van der Waals surface area contributed by atoms with E-state index in [2.05, 4.69) is 6.58 Å². The number of hydrogen-bond acceptors (Lipinski definition) is 4. The van der Waals surface area contributed by atoms with E-state index in [1.54, 1.807) is 19.9 Å². The van der Waals surface area contributed by atoms with Crippen LogP contribution in [-0.4, -0.2) is 29.6 Å². The lowest BCUT2D eigenvalue weighted by atomic mass is 9.87. The van der Waals surface area contributed by atoms with Gasteiger partial charge in [0.25, 0.3) is 0 Å². The lowest BCUT2D eigenvalue weighted by molar-refractivity contribution is 0.00728. The summed E-state index contributed by atoms with van der Waals surface area (Å²) < 4.78 is 23.6. The maximum atomic E-state index is 12.8. The number of hydrogen-bond donors (Lipinski definition) is 1. The summed E-state index contributed by atoms with van der Waals surface area (Å²) in [6, 6.07) is 0. The molecule has 0 radical (unpaired) electrons. The lowest BCUT2D eigenvalue weighted by Gasteiger charge is -2.37. The topological polar surface area (TPSA) is 55.8 Å². The molecule has 4 nitrogen and oxygen atoms in total. The van der Waals surface area contributed by atoms with E-state index in [-0.39, 0.29) is 5.92 Å². The first-order valence-electron chi connectivity index (χ1n) is 6.68. The van der Waals surface area contributed by atoms with Gasteiger partial charge in [-0.2, -0.15) is 0 Å². The van der Waals surface area contributed by atoms with Crippen LogP contribution in [0.2, 0.25) is 0 Å². The second-order valence-corrected chi connectivity index (χ2v) is 7.02. The Balaban J connectivity index is 3.03. The minimum absolute atomic E-state index is 0.126. The Morgan fingerprint density at radius 2 is 2.06 bits per heavy atom. The van der Waals surface area contributed by atoms with E-state index in [9.17, 15) is 9.67 Å². The fraction of sp³-hybridized carbons (Fsp3) is 0.846. The Bertz CT molecular complexity index is 321. The molecule has 0 aliphatic heterocycles. The van der Waals surface area contributed by atoms with Gasteiger partial charge in [0, 0.05) is 5.92 Å². The molecule has 5 heteroatoms. The Morgan fingerprint density at radius 1 is 1.50 bits per heavy atom. The van der Waals surface area contributed by atoms with Crippen LogP contribution in [0.4, 0.5) is 0 Å². The smallest absolute Gasteiger partial charge is 0.336 e. The first-order chi connectivity index (χ1) is 8.44. The maximum Gasteiger partial charge on any atom is 0.336 e. The second-order valence-electron chi connectivity index (χ2n) is 4.80. The molecule has 1 unspecified atom stereocenters. The van der Waals surface area contributed by atoms with E-state index in [0.717, 1.165) is 6.42 Å². The SMILES string of the molecule is C=CC(C)[C@]1(O)CCC[C@H]1P(=O)(OCC)OCC. The van der Waals surface area contributed by atoms with Crippen molar-refractivity contribution in [2.75, 3.05) is 13.2 Å². The van der Waals surface area contributed by atoms with Gasteiger partial charge in [-0.1, -0.05) is 13.0 Å². The van der Waals surface area contributed by atoms with E-state index in [4.69, 9.17) is 9.05 Å². The highest BCUT2D eigenvalue weighted by Crippen LogP contribution is 2.62. The van der Waals surface area contributed by atoms with Crippen LogP contribution in [0.3, 0.4) is 0 Å². The molecule has 0 amide bonds. The molecule has 106 valence electrons. The highest BCUT2D eigenvalue weighted by Gasteiger charge is 2.54. The van der Waals surface area contributed by atoms with E-state index >= 15 is 0 Å². The van der Waals surface area contributed by atoms with Gasteiger partial charge in [0.2, 0.25) is 0 Å². The van der Waals surface area contributed by atoms with Crippen LogP contribution in [0.5, 0.6) is 0 Å². The number of aliphatic hydroxyl groups is 1. The van der Waals surface area contributed by atoms with Crippen LogP contribution in [0, 0.1) is 5.92 Å². The molecule has 1 rings (SSSR count). The fourth-order valence-corrected chi connectivity index (χ4v) is 5.30. The molecule has 1 fully saturated rings. The standard InChI is InChI=1S/C13H25O4P/c1-5-11(4)13(14)10-8-9-12(13)18(15,16-6-2)17-7-3/h5,11-12,14H,1,6-10H2,2-4H3/t11?,12-,13-/m1/s1. The normalized spacial score (nSPS) is 30.3. The Kier molecular flexibility index (Phi) is 5.60. The summed E-state index contributed by atoms with van der Waals surface area (Å²) in [5.74, 6) is -0.126. The van der Waals surface area contributed by atoms with E-state index in [1.807, 2.05) is 6.92 Å². The molecular weight excluding hydrogens is 251 g/mol. The molecule has 0 aromatic rings. The van der Waals surface area contributed by atoms with Crippen LogP contribution in [-0.2, 0) is 13.6 Å². The Labute approximate surface area is 110 Å². The minimum atomic E-state index is -3.25. The zero-order chi connectivity index (χ0) is 13.8. The quantitative estimate of drug-likeness (QED) is 0.572. The van der Waals surface area contributed by atoms with Crippen molar-refractivity contribution in [2.24, 2.45) is 5.92 Å². The predicted molar refractivity (Wildman–Crippen MR) is 72.8 cm³/mol. The summed E-state index contributed by atoms with van der Waals surface area (Å²) in [7, 11) is -3.25. The molecule has 3 atom stereocenters. The molecule has 1 N–H and O–H groups in total. The predicted octanol–water partition coefficient (Wildman–Crippen LogP) is 3.36. The fourth-order valence-electron chi connectivity index (χ4n) is 2.74. The molecule has 0 bridgehead atoms. The summed E-state index contributed by atoms with van der Waals surface area (Å²) in [4.78, 5) is 0. The van der Waals surface area contributed by atoms with Gasteiger partial charge in [-0.15, -0.1) is 6.58 Å². The second kappa shape index (κ2) is 6.33. The summed E-state index contributed by atoms with van der Waals surface area (Å²) in [5, 5.41) is 10.8. The van der Waals surface area contributed by atoms with Crippen LogP contribution in [0.1, 0.15) is 40.0 Å².